The highest BCUT2D eigenvalue weighted by Gasteiger charge is 2.25. The van der Waals surface area contributed by atoms with E-state index in [4.69, 9.17) is 15.2 Å². The van der Waals surface area contributed by atoms with Crippen LogP contribution in [0.3, 0.4) is 0 Å². The highest BCUT2D eigenvalue weighted by Crippen LogP contribution is 2.36. The summed E-state index contributed by atoms with van der Waals surface area (Å²) in [6.45, 7) is 4.73. The molecule has 22 heavy (non-hydrogen) atoms. The molecule has 6 nitrogen and oxygen atoms in total. The number of nitrogen functional groups attached to an aromatic ring is 1. The summed E-state index contributed by atoms with van der Waals surface area (Å²) >= 11 is 1.36. The van der Waals surface area contributed by atoms with Crippen molar-refractivity contribution < 1.29 is 14.3 Å². The number of thiophene rings is 1. The molecule has 0 spiro atoms. The number of carbonyl (C=O) groups excluding carboxylic acids is 1. The molecule has 2 N–H and O–H groups in total. The molecule has 0 aromatic carbocycles. The molecule has 0 radical (unpaired) electrons. The molecule has 1 fully saturated rings. The van der Waals surface area contributed by atoms with Gasteiger partial charge in [-0.05, 0) is 18.6 Å². The van der Waals surface area contributed by atoms with Crippen molar-refractivity contribution in [1.82, 2.24) is 9.88 Å². The number of amides is 1. The van der Waals surface area contributed by atoms with Gasteiger partial charge in [0.25, 0.3) is 5.91 Å². The number of rotatable bonds is 3. The van der Waals surface area contributed by atoms with E-state index >= 15 is 0 Å². The largest absolute Gasteiger partial charge is 0.397 e. The van der Waals surface area contributed by atoms with Gasteiger partial charge in [0, 0.05) is 31.3 Å². The van der Waals surface area contributed by atoms with E-state index in [9.17, 15) is 4.79 Å². The molecule has 1 saturated heterocycles. The van der Waals surface area contributed by atoms with Crippen LogP contribution < -0.4 is 5.73 Å². The average Bonchev–Trinajstić information content (AvgIpc) is 2.84. The minimum absolute atomic E-state index is 0.0372. The van der Waals surface area contributed by atoms with E-state index in [0.717, 1.165) is 21.5 Å². The van der Waals surface area contributed by atoms with Crippen molar-refractivity contribution in [2.75, 3.05) is 39.1 Å². The van der Waals surface area contributed by atoms with Crippen LogP contribution in [0.15, 0.2) is 6.07 Å². The lowest BCUT2D eigenvalue weighted by Gasteiger charge is -2.26. The van der Waals surface area contributed by atoms with Crippen molar-refractivity contribution in [3.63, 3.8) is 0 Å². The zero-order chi connectivity index (χ0) is 15.7. The second-order valence-electron chi connectivity index (χ2n) is 5.29. The number of morpholine rings is 1. The Labute approximate surface area is 132 Å². The lowest BCUT2D eigenvalue weighted by Crippen LogP contribution is -2.40. The Bertz CT molecular complexity index is 708. The first-order valence-corrected chi connectivity index (χ1v) is 7.98. The van der Waals surface area contributed by atoms with Crippen molar-refractivity contribution in [3.05, 3.63) is 22.2 Å². The van der Waals surface area contributed by atoms with Crippen molar-refractivity contribution in [2.24, 2.45) is 0 Å². The van der Waals surface area contributed by atoms with E-state index in [1.807, 2.05) is 13.0 Å². The number of hydrogen-bond acceptors (Lipinski definition) is 6. The zero-order valence-electron chi connectivity index (χ0n) is 12.7. The van der Waals surface area contributed by atoms with Crippen molar-refractivity contribution in [1.29, 1.82) is 0 Å². The fourth-order valence-corrected chi connectivity index (χ4v) is 3.83. The third-order valence-electron chi connectivity index (χ3n) is 3.70. The van der Waals surface area contributed by atoms with E-state index < -0.39 is 0 Å². The first-order chi connectivity index (χ1) is 10.6. The Morgan fingerprint density at radius 2 is 2.23 bits per heavy atom. The van der Waals surface area contributed by atoms with Crippen LogP contribution in [-0.2, 0) is 16.1 Å². The van der Waals surface area contributed by atoms with Gasteiger partial charge in [-0.15, -0.1) is 11.3 Å². The number of carbonyl (C=O) groups is 1. The lowest BCUT2D eigenvalue weighted by molar-refractivity contribution is 0.0307. The predicted molar refractivity (Wildman–Crippen MR) is 86.2 cm³/mol. The summed E-state index contributed by atoms with van der Waals surface area (Å²) < 4.78 is 10.5. The number of pyridine rings is 1. The van der Waals surface area contributed by atoms with Gasteiger partial charge < -0.3 is 20.1 Å². The molecule has 1 aliphatic rings. The summed E-state index contributed by atoms with van der Waals surface area (Å²) in [4.78, 5) is 20.3. The molecule has 3 rings (SSSR count). The third kappa shape index (κ3) is 2.67. The zero-order valence-corrected chi connectivity index (χ0v) is 13.5. The molecule has 2 aromatic heterocycles. The number of anilines is 1. The minimum atomic E-state index is -0.0372. The number of fused-ring (bicyclic) bond motifs is 1. The topological polar surface area (TPSA) is 77.7 Å². The highest BCUT2D eigenvalue weighted by molar-refractivity contribution is 7.21. The van der Waals surface area contributed by atoms with Crippen LogP contribution in [0.4, 0.5) is 5.69 Å². The maximum Gasteiger partial charge on any atom is 0.266 e. The van der Waals surface area contributed by atoms with Gasteiger partial charge in [0.2, 0.25) is 0 Å². The van der Waals surface area contributed by atoms with Crippen LogP contribution in [0.25, 0.3) is 10.2 Å². The van der Waals surface area contributed by atoms with Crippen molar-refractivity contribution >= 4 is 33.1 Å². The molecule has 1 aliphatic heterocycles. The van der Waals surface area contributed by atoms with Gasteiger partial charge in [0.05, 0.1) is 25.5 Å². The van der Waals surface area contributed by atoms with Crippen LogP contribution >= 0.6 is 11.3 Å². The Kier molecular flexibility index (Phi) is 4.28. The molecule has 118 valence electrons. The van der Waals surface area contributed by atoms with Gasteiger partial charge >= 0.3 is 0 Å². The summed E-state index contributed by atoms with van der Waals surface area (Å²) in [7, 11) is 1.64. The minimum Gasteiger partial charge on any atom is -0.397 e. The van der Waals surface area contributed by atoms with E-state index in [1.54, 1.807) is 12.0 Å². The van der Waals surface area contributed by atoms with Crippen LogP contribution in [-0.4, -0.2) is 49.2 Å². The maximum absolute atomic E-state index is 12.7. The summed E-state index contributed by atoms with van der Waals surface area (Å²) in [6, 6.07) is 1.96. The molecular formula is C15H19N3O3S. The number of aryl methyl sites for hydroxylation is 1. The first kappa shape index (κ1) is 15.2. The normalized spacial score (nSPS) is 15.5. The van der Waals surface area contributed by atoms with E-state index in [-0.39, 0.29) is 5.91 Å². The van der Waals surface area contributed by atoms with Crippen LogP contribution in [0, 0.1) is 6.92 Å². The summed E-state index contributed by atoms with van der Waals surface area (Å²) in [5.74, 6) is -0.0372. The molecule has 3 heterocycles. The van der Waals surface area contributed by atoms with Crippen LogP contribution in [0.2, 0.25) is 0 Å². The van der Waals surface area contributed by atoms with Crippen LogP contribution in [0.1, 0.15) is 20.9 Å². The van der Waals surface area contributed by atoms with Gasteiger partial charge in [-0.25, -0.2) is 4.98 Å². The molecule has 1 amide bonds. The number of nitrogens with two attached hydrogens (primary N) is 1. The summed E-state index contributed by atoms with van der Waals surface area (Å²) in [6.07, 6.45) is 0. The number of nitrogens with zero attached hydrogens (tertiary/aromatic N) is 2. The molecule has 0 aliphatic carbocycles. The maximum atomic E-state index is 12.7. The molecule has 0 unspecified atom stereocenters. The molecule has 0 saturated carbocycles. The van der Waals surface area contributed by atoms with E-state index in [1.165, 1.54) is 11.3 Å². The van der Waals surface area contributed by atoms with Gasteiger partial charge in [-0.3, -0.25) is 4.79 Å². The number of hydrogen-bond donors (Lipinski definition) is 1. The van der Waals surface area contributed by atoms with Gasteiger partial charge in [0.15, 0.2) is 0 Å². The Balaban J connectivity index is 2.05. The van der Waals surface area contributed by atoms with Crippen LogP contribution in [0.5, 0.6) is 0 Å². The number of aromatic nitrogens is 1. The van der Waals surface area contributed by atoms with E-state index in [0.29, 0.717) is 43.5 Å². The Hall–Kier alpha value is -1.70. The number of ether oxygens (including phenoxy) is 2. The third-order valence-corrected chi connectivity index (χ3v) is 4.79. The standard InChI is InChI=1S/C15H19N3O3S/c1-9-7-10(8-20-2)11-12(16)13(22-14(11)17-9)15(19)18-3-5-21-6-4-18/h7H,3-6,8,16H2,1-2H3. The lowest BCUT2D eigenvalue weighted by atomic mass is 10.1. The number of methoxy groups -OCH3 is 1. The second-order valence-corrected chi connectivity index (χ2v) is 6.28. The first-order valence-electron chi connectivity index (χ1n) is 7.16. The molecular weight excluding hydrogens is 302 g/mol. The summed E-state index contributed by atoms with van der Waals surface area (Å²) in [5.41, 5.74) is 8.64. The monoisotopic (exact) mass is 321 g/mol. The second kappa shape index (κ2) is 6.20. The van der Waals surface area contributed by atoms with Crippen molar-refractivity contribution in [3.8, 4) is 0 Å². The molecule has 7 heteroatoms. The van der Waals surface area contributed by atoms with Gasteiger partial charge in [0.1, 0.15) is 9.71 Å². The molecule has 0 bridgehead atoms. The fourth-order valence-electron chi connectivity index (χ4n) is 2.68. The summed E-state index contributed by atoms with van der Waals surface area (Å²) in [5, 5.41) is 0.842. The SMILES string of the molecule is COCc1cc(C)nc2sc(C(=O)N3CCOCC3)c(N)c12. The smallest absolute Gasteiger partial charge is 0.266 e. The molecule has 0 atom stereocenters. The Morgan fingerprint density at radius 3 is 2.91 bits per heavy atom. The predicted octanol–water partition coefficient (Wildman–Crippen LogP) is 1.81. The van der Waals surface area contributed by atoms with Gasteiger partial charge in [-0.1, -0.05) is 0 Å². The fraction of sp³-hybridized carbons (Fsp3) is 0.467. The Morgan fingerprint density at radius 1 is 1.50 bits per heavy atom. The quantitative estimate of drug-likeness (QED) is 0.933. The van der Waals surface area contributed by atoms with Gasteiger partial charge in [-0.2, -0.15) is 0 Å². The highest BCUT2D eigenvalue weighted by atomic mass is 32.1. The van der Waals surface area contributed by atoms with E-state index in [2.05, 4.69) is 4.98 Å². The molecule has 2 aromatic rings. The van der Waals surface area contributed by atoms with Crippen molar-refractivity contribution in [2.45, 2.75) is 13.5 Å². The average molecular weight is 321 g/mol.